The maximum absolute atomic E-state index is 6.84. The first kappa shape index (κ1) is 39.3. The van der Waals surface area contributed by atoms with Crippen molar-refractivity contribution in [3.8, 4) is 78.3 Å². The van der Waals surface area contributed by atoms with Gasteiger partial charge in [0, 0.05) is 48.2 Å². The van der Waals surface area contributed by atoms with Gasteiger partial charge in [-0.3, -0.25) is 0 Å². The van der Waals surface area contributed by atoms with Gasteiger partial charge in [-0.2, -0.15) is 0 Å². The van der Waals surface area contributed by atoms with Crippen molar-refractivity contribution in [3.05, 3.63) is 271 Å². The van der Waals surface area contributed by atoms with E-state index in [1.54, 1.807) is 0 Å². The summed E-state index contributed by atoms with van der Waals surface area (Å²) in [5.74, 6) is 1.69. The van der Waals surface area contributed by atoms with Crippen molar-refractivity contribution in [1.29, 1.82) is 0 Å². The Bertz CT molecular complexity index is 4130. The molecule has 0 N–H and O–H groups in total. The smallest absolute Gasteiger partial charge is 0.135 e. The normalized spacial score (nSPS) is 14.5. The summed E-state index contributed by atoms with van der Waals surface area (Å²) in [6.07, 6.45) is 0. The van der Waals surface area contributed by atoms with Gasteiger partial charge in [-0.05, 0) is 127 Å². The molecule has 3 heteroatoms. The third-order valence-corrected chi connectivity index (χ3v) is 16.3. The number of hydrogen-bond acceptors (Lipinski definition) is 3. The lowest BCUT2D eigenvalue weighted by Gasteiger charge is -2.37. The van der Waals surface area contributed by atoms with Crippen LogP contribution in [0.3, 0.4) is 0 Å². The van der Waals surface area contributed by atoms with Crippen LogP contribution >= 0.6 is 11.3 Å². The minimum atomic E-state index is -0.680. The molecule has 1 atom stereocenters. The van der Waals surface area contributed by atoms with Gasteiger partial charge in [0.2, 0.25) is 0 Å². The van der Waals surface area contributed by atoms with Crippen LogP contribution in [0.15, 0.2) is 249 Å². The van der Waals surface area contributed by atoms with Crippen molar-refractivity contribution in [2.75, 3.05) is 4.90 Å². The van der Waals surface area contributed by atoms with Gasteiger partial charge in [0.15, 0.2) is 0 Å². The largest absolute Gasteiger partial charge is 0.456 e. The Morgan fingerprint density at radius 2 is 0.871 bits per heavy atom. The zero-order chi connectivity index (χ0) is 45.9. The van der Waals surface area contributed by atoms with E-state index >= 15 is 0 Å². The number of ether oxygens (including phenoxy) is 1. The number of thiophene rings is 1. The first-order valence-electron chi connectivity index (χ1n) is 24.1. The van der Waals surface area contributed by atoms with E-state index in [-0.39, 0.29) is 0 Å². The molecule has 0 radical (unpaired) electrons. The fourth-order valence-electron chi connectivity index (χ4n) is 12.3. The zero-order valence-corrected chi connectivity index (χ0v) is 38.8. The highest BCUT2D eigenvalue weighted by Crippen LogP contribution is 2.64. The number of para-hydroxylation sites is 2. The van der Waals surface area contributed by atoms with Crippen molar-refractivity contribution in [2.45, 2.75) is 5.41 Å². The monoisotopic (exact) mass is 907 g/mol. The Morgan fingerprint density at radius 1 is 0.329 bits per heavy atom. The van der Waals surface area contributed by atoms with Crippen LogP contribution in [0.2, 0.25) is 0 Å². The average Bonchev–Trinajstić information content (AvgIpc) is 3.87. The second kappa shape index (κ2) is 15.1. The lowest BCUT2D eigenvalue weighted by atomic mass is 9.65. The summed E-state index contributed by atoms with van der Waals surface area (Å²) >= 11 is 1.89. The number of nitrogens with zero attached hydrogens (tertiary/aromatic N) is 1. The minimum Gasteiger partial charge on any atom is -0.456 e. The molecule has 0 saturated carbocycles. The van der Waals surface area contributed by atoms with Crippen molar-refractivity contribution < 1.29 is 4.74 Å². The third kappa shape index (κ3) is 5.49. The van der Waals surface area contributed by atoms with Gasteiger partial charge in [0.1, 0.15) is 11.5 Å². The first-order valence-corrected chi connectivity index (χ1v) is 24.9. The first-order chi connectivity index (χ1) is 34.7. The number of rotatable bonds is 4. The van der Waals surface area contributed by atoms with Crippen LogP contribution < -0.4 is 9.64 Å². The molecule has 15 rings (SSSR count). The van der Waals surface area contributed by atoms with E-state index in [9.17, 15) is 0 Å². The molecule has 0 amide bonds. The Morgan fingerprint density at radius 3 is 1.66 bits per heavy atom. The summed E-state index contributed by atoms with van der Waals surface area (Å²) in [6.45, 7) is 0. The summed E-state index contributed by atoms with van der Waals surface area (Å²) < 4.78 is 9.47. The van der Waals surface area contributed by atoms with E-state index in [4.69, 9.17) is 4.74 Å². The molecule has 2 nitrogen and oxygen atoms in total. The van der Waals surface area contributed by atoms with Crippen LogP contribution in [0.5, 0.6) is 11.5 Å². The van der Waals surface area contributed by atoms with E-state index in [2.05, 4.69) is 254 Å². The lowest BCUT2D eigenvalue weighted by molar-refractivity contribution is 0.488. The molecule has 70 heavy (non-hydrogen) atoms. The fraction of sp³-hybridized carbons (Fsp3) is 0.0149. The number of anilines is 3. The summed E-state index contributed by atoms with van der Waals surface area (Å²) in [7, 11) is 0. The van der Waals surface area contributed by atoms with E-state index < -0.39 is 5.41 Å². The summed E-state index contributed by atoms with van der Waals surface area (Å²) in [6, 6.07) is 92.1. The third-order valence-electron chi connectivity index (χ3n) is 15.1. The predicted molar refractivity (Wildman–Crippen MR) is 292 cm³/mol. The maximum atomic E-state index is 6.84. The molecule has 2 heterocycles. The number of benzene rings is 11. The molecule has 0 saturated heterocycles. The number of hydrogen-bond donors (Lipinski definition) is 0. The molecular weight excluding hydrogens is 867 g/mol. The standard InChI is InChI=1S/C67H41NOS/c1-2-18-42(19-3-1)45-20-10-15-31-60(45)68(43-35-38-62-55(40-43)49-24-7-6-23-48(49)52-26-11-16-32-61(52)69-62)44-34-36-51-47-22-5-4-21-46(47)50-25-8-13-29-56(50)67(59(51)41-44)57-30-14-9-27-53(57)65-58(67)37-39-64-66(65)54-28-12-17-33-63(54)70-64/h1-41H. The molecule has 1 aromatic heterocycles. The molecule has 11 aromatic carbocycles. The molecule has 1 aliphatic heterocycles. The van der Waals surface area contributed by atoms with Crippen molar-refractivity contribution in [2.24, 2.45) is 0 Å². The fourth-order valence-corrected chi connectivity index (χ4v) is 13.4. The average molecular weight is 908 g/mol. The van der Waals surface area contributed by atoms with Gasteiger partial charge in [-0.15, -0.1) is 11.3 Å². The molecule has 1 spiro atoms. The van der Waals surface area contributed by atoms with Crippen LogP contribution in [0.4, 0.5) is 17.1 Å². The highest BCUT2D eigenvalue weighted by Gasteiger charge is 2.50. The molecule has 2 aliphatic carbocycles. The van der Waals surface area contributed by atoms with Crippen LogP contribution in [0.25, 0.3) is 86.9 Å². The Kier molecular flexibility index (Phi) is 8.48. The van der Waals surface area contributed by atoms with Gasteiger partial charge in [0.25, 0.3) is 0 Å². The van der Waals surface area contributed by atoms with Crippen LogP contribution in [-0.2, 0) is 5.41 Å². The quantitative estimate of drug-likeness (QED) is 0.174. The summed E-state index contributed by atoms with van der Waals surface area (Å²) in [5.41, 5.74) is 22.0. The zero-order valence-electron chi connectivity index (χ0n) is 37.9. The van der Waals surface area contributed by atoms with Crippen molar-refractivity contribution >= 4 is 48.6 Å². The Labute approximate surface area is 410 Å². The molecular formula is C67H41NOS. The van der Waals surface area contributed by atoms with Gasteiger partial charge >= 0.3 is 0 Å². The number of fused-ring (bicyclic) bond motifs is 21. The maximum Gasteiger partial charge on any atom is 0.135 e. The van der Waals surface area contributed by atoms with E-state index in [1.165, 1.54) is 75.8 Å². The molecule has 12 aromatic rings. The molecule has 3 aliphatic rings. The van der Waals surface area contributed by atoms with Gasteiger partial charge in [-0.25, -0.2) is 0 Å². The second-order valence-corrected chi connectivity index (χ2v) is 19.7. The molecule has 1 unspecified atom stereocenters. The Hall–Kier alpha value is -8.76. The van der Waals surface area contributed by atoms with E-state index in [0.29, 0.717) is 0 Å². The van der Waals surface area contributed by atoms with Gasteiger partial charge < -0.3 is 9.64 Å². The Balaban J connectivity index is 1.06. The van der Waals surface area contributed by atoms with E-state index in [1.807, 2.05) is 11.3 Å². The second-order valence-electron chi connectivity index (χ2n) is 18.6. The minimum absolute atomic E-state index is 0.680. The summed E-state index contributed by atoms with van der Waals surface area (Å²) in [4.78, 5) is 2.48. The lowest BCUT2D eigenvalue weighted by Crippen LogP contribution is -2.29. The van der Waals surface area contributed by atoms with E-state index in [0.717, 1.165) is 61.9 Å². The topological polar surface area (TPSA) is 12.5 Å². The van der Waals surface area contributed by atoms with Crippen molar-refractivity contribution in [1.82, 2.24) is 0 Å². The summed E-state index contributed by atoms with van der Waals surface area (Å²) in [5, 5.41) is 2.65. The van der Waals surface area contributed by atoms with Gasteiger partial charge in [0.05, 0.1) is 11.1 Å². The SMILES string of the molecule is c1ccc(-c2ccccc2N(c2ccc3c(c2)-c2ccccc2-c2ccccc2O3)c2ccc3c(c2)C2(c4ccccc4-c4ccccc4-3)c3ccccc3-c3c2ccc2sc4ccccc4c32)cc1. The van der Waals surface area contributed by atoms with Crippen LogP contribution in [-0.4, -0.2) is 0 Å². The molecule has 0 fully saturated rings. The predicted octanol–water partition coefficient (Wildman–Crippen LogP) is 18.6. The highest BCUT2D eigenvalue weighted by molar-refractivity contribution is 7.26. The molecule has 326 valence electrons. The van der Waals surface area contributed by atoms with Crippen LogP contribution in [0, 0.1) is 0 Å². The highest BCUT2D eigenvalue weighted by atomic mass is 32.1. The van der Waals surface area contributed by atoms with Crippen molar-refractivity contribution in [3.63, 3.8) is 0 Å². The van der Waals surface area contributed by atoms with Gasteiger partial charge in [-0.1, -0.05) is 194 Å². The molecule has 0 bridgehead atoms. The van der Waals surface area contributed by atoms with Crippen LogP contribution in [0.1, 0.15) is 22.3 Å².